The van der Waals surface area contributed by atoms with Crippen LogP contribution in [0.25, 0.3) is 0 Å². The summed E-state index contributed by atoms with van der Waals surface area (Å²) < 4.78 is 13.6. The van der Waals surface area contributed by atoms with E-state index in [0.717, 1.165) is 19.3 Å². The van der Waals surface area contributed by atoms with E-state index in [1.807, 2.05) is 0 Å². The van der Waals surface area contributed by atoms with Gasteiger partial charge in [0.15, 0.2) is 0 Å². The van der Waals surface area contributed by atoms with E-state index >= 15 is 0 Å². The van der Waals surface area contributed by atoms with E-state index in [4.69, 9.17) is 0 Å². The summed E-state index contributed by atoms with van der Waals surface area (Å²) in [4.78, 5) is 24.8. The van der Waals surface area contributed by atoms with Crippen molar-refractivity contribution in [3.63, 3.8) is 0 Å². The van der Waals surface area contributed by atoms with Gasteiger partial charge in [-0.3, -0.25) is 9.59 Å². The zero-order valence-corrected chi connectivity index (χ0v) is 15.7. The molecular weight excluding hydrogens is 331 g/mol. The molecule has 4 nitrogen and oxygen atoms in total. The van der Waals surface area contributed by atoms with Crippen LogP contribution in [-0.4, -0.2) is 24.9 Å². The highest BCUT2D eigenvalue weighted by Crippen LogP contribution is 2.20. The molecule has 1 aliphatic carbocycles. The Hall–Kier alpha value is -2.17. The maximum Gasteiger partial charge on any atom is 0.235 e. The predicted octanol–water partition coefficient (Wildman–Crippen LogP) is 3.52. The van der Waals surface area contributed by atoms with E-state index in [9.17, 15) is 14.0 Å². The monoisotopic (exact) mass is 360 g/mol. The Bertz CT molecular complexity index is 668. The number of carbonyl (C=O) groups excluding carboxylic acids is 2. The van der Waals surface area contributed by atoms with Crippen LogP contribution in [0.2, 0.25) is 0 Å². The summed E-state index contributed by atoms with van der Waals surface area (Å²) in [6.45, 7) is 4.07. The Kier molecular flexibility index (Phi) is 7.37. The number of carbonyl (C=O) groups is 2. The second kappa shape index (κ2) is 9.51. The Morgan fingerprint density at radius 3 is 2.31 bits per heavy atom. The third kappa shape index (κ3) is 5.68. The summed E-state index contributed by atoms with van der Waals surface area (Å²) in [5.41, 5.74) is 0.787. The highest BCUT2D eigenvalue weighted by molar-refractivity contribution is 6.04. The lowest BCUT2D eigenvalue weighted by atomic mass is 9.90. The van der Waals surface area contributed by atoms with Gasteiger partial charge >= 0.3 is 0 Å². The van der Waals surface area contributed by atoms with Gasteiger partial charge in [-0.1, -0.05) is 29.8 Å². The highest BCUT2D eigenvalue weighted by Gasteiger charge is 2.35. The van der Waals surface area contributed by atoms with E-state index in [0.29, 0.717) is 25.1 Å². The van der Waals surface area contributed by atoms with Crippen LogP contribution >= 0.6 is 0 Å². The van der Waals surface area contributed by atoms with Crippen molar-refractivity contribution in [2.24, 2.45) is 5.41 Å². The van der Waals surface area contributed by atoms with Gasteiger partial charge < -0.3 is 10.6 Å². The number of hydrogen-bond acceptors (Lipinski definition) is 2. The molecule has 0 spiro atoms. The van der Waals surface area contributed by atoms with E-state index in [1.54, 1.807) is 32.0 Å². The number of halogens is 1. The first-order valence-electron chi connectivity index (χ1n) is 9.39. The van der Waals surface area contributed by atoms with Crippen LogP contribution < -0.4 is 10.6 Å². The van der Waals surface area contributed by atoms with Gasteiger partial charge in [-0.25, -0.2) is 4.39 Å². The molecule has 1 aromatic carbocycles. The van der Waals surface area contributed by atoms with E-state index in [1.165, 1.54) is 24.5 Å². The van der Waals surface area contributed by atoms with Crippen molar-refractivity contribution in [1.29, 1.82) is 0 Å². The molecule has 0 aliphatic heterocycles. The third-order valence-electron chi connectivity index (χ3n) is 4.89. The van der Waals surface area contributed by atoms with Gasteiger partial charge in [0, 0.05) is 13.1 Å². The minimum absolute atomic E-state index is 0.280. The largest absolute Gasteiger partial charge is 0.355 e. The molecular formula is C21H29FN2O2. The Labute approximate surface area is 155 Å². The molecule has 1 aromatic rings. The molecule has 1 aliphatic rings. The zero-order valence-electron chi connectivity index (χ0n) is 15.7. The minimum atomic E-state index is -1.16. The number of rotatable bonds is 8. The average molecular weight is 360 g/mol. The molecule has 2 rings (SSSR count). The molecule has 26 heavy (non-hydrogen) atoms. The van der Waals surface area contributed by atoms with Gasteiger partial charge in [0.05, 0.1) is 0 Å². The molecule has 0 atom stereocenters. The molecule has 2 N–H and O–H groups in total. The number of benzene rings is 1. The van der Waals surface area contributed by atoms with Gasteiger partial charge in [-0.2, -0.15) is 0 Å². The van der Waals surface area contributed by atoms with E-state index in [2.05, 4.69) is 16.7 Å². The fourth-order valence-electron chi connectivity index (χ4n) is 3.03. The van der Waals surface area contributed by atoms with Crippen molar-refractivity contribution in [3.8, 4) is 0 Å². The van der Waals surface area contributed by atoms with Crippen LogP contribution in [0.4, 0.5) is 4.39 Å². The Morgan fingerprint density at radius 2 is 1.69 bits per heavy atom. The van der Waals surface area contributed by atoms with Gasteiger partial charge in [0.1, 0.15) is 11.2 Å². The van der Waals surface area contributed by atoms with Crippen LogP contribution in [-0.2, 0) is 16.0 Å². The summed E-state index contributed by atoms with van der Waals surface area (Å²) in [7, 11) is 0. The highest BCUT2D eigenvalue weighted by atomic mass is 19.1. The minimum Gasteiger partial charge on any atom is -0.355 e. The summed E-state index contributed by atoms with van der Waals surface area (Å²) in [5.74, 6) is -0.906. The quantitative estimate of drug-likeness (QED) is 0.550. The first-order valence-corrected chi connectivity index (χ1v) is 9.39. The summed E-state index contributed by atoms with van der Waals surface area (Å²) in [5, 5.41) is 5.61. The van der Waals surface area contributed by atoms with Gasteiger partial charge in [-0.15, -0.1) is 0 Å². The molecule has 0 heterocycles. The number of allylic oxidation sites excluding steroid dienone is 1. The smallest absolute Gasteiger partial charge is 0.235 e. The number of amides is 2. The molecule has 0 aromatic heterocycles. The van der Waals surface area contributed by atoms with Crippen molar-refractivity contribution < 1.29 is 14.0 Å². The maximum absolute atomic E-state index is 13.6. The van der Waals surface area contributed by atoms with E-state index < -0.39 is 5.41 Å². The van der Waals surface area contributed by atoms with E-state index in [-0.39, 0.29) is 17.6 Å². The van der Waals surface area contributed by atoms with Crippen molar-refractivity contribution in [2.75, 3.05) is 13.1 Å². The lowest BCUT2D eigenvalue weighted by Crippen LogP contribution is -2.48. The molecule has 0 radical (unpaired) electrons. The summed E-state index contributed by atoms with van der Waals surface area (Å²) >= 11 is 0. The summed E-state index contributed by atoms with van der Waals surface area (Å²) in [6.07, 6.45) is 8.19. The van der Waals surface area contributed by atoms with Crippen LogP contribution in [0.1, 0.15) is 51.5 Å². The topological polar surface area (TPSA) is 58.2 Å². The summed E-state index contributed by atoms with van der Waals surface area (Å²) in [6, 6.07) is 6.49. The first-order chi connectivity index (χ1) is 12.4. The van der Waals surface area contributed by atoms with Gasteiger partial charge in [0.2, 0.25) is 11.8 Å². The van der Waals surface area contributed by atoms with Crippen molar-refractivity contribution in [1.82, 2.24) is 10.6 Å². The van der Waals surface area contributed by atoms with Gasteiger partial charge in [-0.05, 0) is 64.0 Å². The lowest BCUT2D eigenvalue weighted by Gasteiger charge is -2.23. The second-order valence-electron chi connectivity index (χ2n) is 7.34. The number of nitrogens with one attached hydrogen (secondary N) is 2. The maximum atomic E-state index is 13.6. The SMILES string of the molecule is CC(C)(C(=O)NCCC1=CCCCC1)C(=O)NCCc1ccccc1F. The molecule has 2 amide bonds. The average Bonchev–Trinajstić information content (AvgIpc) is 2.64. The molecule has 5 heteroatoms. The van der Waals surface area contributed by atoms with Crippen LogP contribution in [0.3, 0.4) is 0 Å². The van der Waals surface area contributed by atoms with Crippen molar-refractivity contribution >= 4 is 11.8 Å². The fraction of sp³-hybridized carbons (Fsp3) is 0.524. The lowest BCUT2D eigenvalue weighted by molar-refractivity contribution is -0.141. The predicted molar refractivity (Wildman–Crippen MR) is 101 cm³/mol. The van der Waals surface area contributed by atoms with Crippen LogP contribution in [0.15, 0.2) is 35.9 Å². The van der Waals surface area contributed by atoms with Crippen LogP contribution in [0.5, 0.6) is 0 Å². The molecule has 0 saturated heterocycles. The zero-order chi connectivity index (χ0) is 19.0. The standard InChI is InChI=1S/C21H29FN2O2/c1-21(2,19(25)23-14-12-16-8-4-3-5-9-16)20(26)24-15-13-17-10-6-7-11-18(17)22/h6-8,10-11H,3-5,9,12-15H2,1-2H3,(H,23,25)(H,24,26). The Balaban J connectivity index is 1.75. The molecule has 0 fully saturated rings. The van der Waals surface area contributed by atoms with Crippen molar-refractivity contribution in [2.45, 2.75) is 52.4 Å². The van der Waals surface area contributed by atoms with Crippen molar-refractivity contribution in [3.05, 3.63) is 47.3 Å². The van der Waals surface area contributed by atoms with Gasteiger partial charge in [0.25, 0.3) is 0 Å². The first kappa shape index (κ1) is 20.1. The molecule has 0 unspecified atom stereocenters. The number of hydrogen-bond donors (Lipinski definition) is 2. The third-order valence-corrected chi connectivity index (χ3v) is 4.89. The normalized spacial score (nSPS) is 14.5. The fourth-order valence-corrected chi connectivity index (χ4v) is 3.03. The molecule has 0 bridgehead atoms. The Morgan fingerprint density at radius 1 is 1.04 bits per heavy atom. The van der Waals surface area contributed by atoms with Crippen LogP contribution in [0, 0.1) is 11.2 Å². The molecule has 0 saturated carbocycles. The second-order valence-corrected chi connectivity index (χ2v) is 7.34. The molecule has 142 valence electrons.